The van der Waals surface area contributed by atoms with E-state index in [0.29, 0.717) is 19.7 Å². The van der Waals surface area contributed by atoms with E-state index in [0.717, 1.165) is 17.7 Å². The van der Waals surface area contributed by atoms with Crippen LogP contribution in [0.5, 0.6) is 0 Å². The van der Waals surface area contributed by atoms with Crippen LogP contribution in [0.1, 0.15) is 12.0 Å². The van der Waals surface area contributed by atoms with Gasteiger partial charge < -0.3 is 19.3 Å². The van der Waals surface area contributed by atoms with Gasteiger partial charge in [0, 0.05) is 44.7 Å². The van der Waals surface area contributed by atoms with Gasteiger partial charge in [0.15, 0.2) is 0 Å². The minimum atomic E-state index is -0.971. The molecule has 0 saturated heterocycles. The highest BCUT2D eigenvalue weighted by Crippen LogP contribution is 2.40. The van der Waals surface area contributed by atoms with Crippen LogP contribution in [0.2, 0.25) is 0 Å². The number of aliphatic hydroxyl groups is 1. The molecular formula is C16H28N2O5S. The maximum atomic E-state index is 10.6. The smallest absolute Gasteiger partial charge is 0.269 e. The van der Waals surface area contributed by atoms with E-state index in [1.165, 1.54) is 12.1 Å². The summed E-state index contributed by atoms with van der Waals surface area (Å²) in [6.45, 7) is 1.85. The summed E-state index contributed by atoms with van der Waals surface area (Å²) in [5.74, 6) is 0.984. The Bertz CT molecular complexity index is 496. The largest absolute Gasteiger partial charge is 0.389 e. The van der Waals surface area contributed by atoms with Gasteiger partial charge in [0.2, 0.25) is 0 Å². The molecule has 0 aliphatic heterocycles. The van der Waals surface area contributed by atoms with Crippen molar-refractivity contribution in [3.8, 4) is 0 Å². The lowest BCUT2D eigenvalue weighted by atomic mass is 10.2. The van der Waals surface area contributed by atoms with Crippen molar-refractivity contribution >= 4 is 16.0 Å². The topological polar surface area (TPSA) is 93.9 Å². The van der Waals surface area contributed by atoms with Crippen molar-refractivity contribution in [2.24, 2.45) is 0 Å². The van der Waals surface area contributed by atoms with Gasteiger partial charge in [-0.15, -0.1) is 10.3 Å². The first-order valence-corrected chi connectivity index (χ1v) is 10.3. The minimum absolute atomic E-state index is 0.0747. The first kappa shape index (κ1) is 20.9. The predicted octanol–water partition coefficient (Wildman–Crippen LogP) is 2.08. The van der Waals surface area contributed by atoms with Crippen LogP contribution in [-0.2, 0) is 15.5 Å². The van der Waals surface area contributed by atoms with Crippen molar-refractivity contribution < 1.29 is 18.9 Å². The van der Waals surface area contributed by atoms with Crippen molar-refractivity contribution in [2.45, 2.75) is 19.1 Å². The second kappa shape index (κ2) is 10.6. The number of ether oxygens (including phenoxy) is 1. The predicted molar refractivity (Wildman–Crippen MR) is 97.6 cm³/mol. The lowest BCUT2D eigenvalue weighted by molar-refractivity contribution is -0.384. The Hall–Kier alpha value is -1.19. The van der Waals surface area contributed by atoms with Crippen LogP contribution in [0, 0.1) is 10.1 Å². The Morgan fingerprint density at radius 2 is 2.00 bits per heavy atom. The number of nitrogens with zero attached hydrogens (tertiary/aromatic N) is 1. The third kappa shape index (κ3) is 8.60. The molecule has 0 fully saturated rings. The van der Waals surface area contributed by atoms with Gasteiger partial charge in [-0.2, -0.15) is 0 Å². The van der Waals surface area contributed by atoms with Crippen molar-refractivity contribution in [3.63, 3.8) is 0 Å². The molecule has 1 aromatic carbocycles. The Morgan fingerprint density at radius 3 is 2.58 bits per heavy atom. The molecule has 24 heavy (non-hydrogen) atoms. The summed E-state index contributed by atoms with van der Waals surface area (Å²) in [7, 11) is 0.762. The number of hydrogen-bond donors (Lipinski definition) is 2. The van der Waals surface area contributed by atoms with Gasteiger partial charge >= 0.3 is 0 Å². The molecule has 138 valence electrons. The number of rotatable bonds is 12. The van der Waals surface area contributed by atoms with Gasteiger partial charge in [0.1, 0.15) is 0 Å². The molecule has 1 rings (SSSR count). The number of non-ortho nitro benzene ring substituents is 1. The fourth-order valence-electron chi connectivity index (χ4n) is 1.99. The van der Waals surface area contributed by atoms with E-state index >= 15 is 0 Å². The van der Waals surface area contributed by atoms with Crippen LogP contribution in [0.15, 0.2) is 24.3 Å². The Balaban J connectivity index is 2.11. The lowest BCUT2D eigenvalue weighted by Crippen LogP contribution is -2.30. The average molecular weight is 360 g/mol. The van der Waals surface area contributed by atoms with E-state index < -0.39 is 21.3 Å². The van der Waals surface area contributed by atoms with E-state index in [4.69, 9.17) is 8.92 Å². The molecule has 0 radical (unpaired) electrons. The summed E-state index contributed by atoms with van der Waals surface area (Å²) < 4.78 is 10.9. The lowest BCUT2D eigenvalue weighted by Gasteiger charge is -2.28. The monoisotopic (exact) mass is 360 g/mol. The molecular weight excluding hydrogens is 332 g/mol. The van der Waals surface area contributed by atoms with Crippen molar-refractivity contribution in [1.29, 1.82) is 0 Å². The standard InChI is InChI=1S/C16H28N2O5S/c1-22-24(2,3)10-4-9-23-13-16(19)12-17-11-14-5-7-15(8-6-14)18(20)21/h5-8,16-17,19H,4,9-13H2,1-3H3. The van der Waals surface area contributed by atoms with E-state index in [2.05, 4.69) is 17.8 Å². The molecule has 0 heterocycles. The van der Waals surface area contributed by atoms with Gasteiger partial charge in [-0.1, -0.05) is 12.1 Å². The van der Waals surface area contributed by atoms with Crippen LogP contribution in [0.25, 0.3) is 0 Å². The Kier molecular flexibility index (Phi) is 9.24. The number of aliphatic hydroxyl groups excluding tert-OH is 1. The van der Waals surface area contributed by atoms with Crippen molar-refractivity contribution in [2.75, 3.05) is 45.1 Å². The SMILES string of the molecule is COS(C)(C)CCCOCC(O)CNCc1ccc([N+](=O)[O-])cc1. The molecule has 1 atom stereocenters. The second-order valence-electron chi connectivity index (χ2n) is 5.94. The minimum Gasteiger partial charge on any atom is -0.389 e. The summed E-state index contributed by atoms with van der Waals surface area (Å²) in [5.41, 5.74) is 1.00. The van der Waals surface area contributed by atoms with Gasteiger partial charge in [-0.05, 0) is 24.5 Å². The Labute approximate surface area is 145 Å². The highest BCUT2D eigenvalue weighted by molar-refractivity contribution is 8.28. The summed E-state index contributed by atoms with van der Waals surface area (Å²) in [6, 6.07) is 6.35. The van der Waals surface area contributed by atoms with Gasteiger partial charge in [0.25, 0.3) is 5.69 Å². The third-order valence-corrected chi connectivity index (χ3v) is 5.72. The van der Waals surface area contributed by atoms with Gasteiger partial charge in [-0.3, -0.25) is 10.1 Å². The molecule has 0 aromatic heterocycles. The first-order valence-electron chi connectivity index (χ1n) is 7.80. The van der Waals surface area contributed by atoms with Gasteiger partial charge in [0.05, 0.1) is 17.6 Å². The number of hydrogen-bond acceptors (Lipinski definition) is 6. The molecule has 2 N–H and O–H groups in total. The van der Waals surface area contributed by atoms with E-state index in [9.17, 15) is 15.2 Å². The van der Waals surface area contributed by atoms with Crippen LogP contribution < -0.4 is 5.32 Å². The molecule has 1 aromatic rings. The van der Waals surface area contributed by atoms with Crippen LogP contribution in [0.4, 0.5) is 5.69 Å². The summed E-state index contributed by atoms with van der Waals surface area (Å²) in [6.07, 6.45) is 4.57. The third-order valence-electron chi connectivity index (χ3n) is 3.54. The van der Waals surface area contributed by atoms with E-state index in [-0.39, 0.29) is 12.3 Å². The molecule has 1 unspecified atom stereocenters. The number of nitrogens with one attached hydrogen (secondary N) is 1. The maximum Gasteiger partial charge on any atom is 0.269 e. The zero-order valence-electron chi connectivity index (χ0n) is 14.6. The number of nitro groups is 1. The summed E-state index contributed by atoms with van der Waals surface area (Å²) >= 11 is 0. The van der Waals surface area contributed by atoms with E-state index in [1.54, 1.807) is 19.2 Å². The molecule has 0 spiro atoms. The molecule has 0 aliphatic rings. The molecule has 0 bridgehead atoms. The summed E-state index contributed by atoms with van der Waals surface area (Å²) in [5, 5.41) is 23.5. The molecule has 8 heteroatoms. The summed E-state index contributed by atoms with van der Waals surface area (Å²) in [4.78, 5) is 10.1. The number of nitro benzene ring substituents is 1. The van der Waals surface area contributed by atoms with Gasteiger partial charge in [-0.25, -0.2) is 0 Å². The molecule has 0 amide bonds. The number of benzene rings is 1. The molecule has 7 nitrogen and oxygen atoms in total. The quantitative estimate of drug-likeness (QED) is 0.337. The molecule has 0 aliphatic carbocycles. The van der Waals surface area contributed by atoms with E-state index in [1.807, 2.05) is 0 Å². The van der Waals surface area contributed by atoms with Crippen molar-refractivity contribution in [1.82, 2.24) is 5.32 Å². The fraction of sp³-hybridized carbons (Fsp3) is 0.625. The zero-order valence-corrected chi connectivity index (χ0v) is 15.4. The average Bonchev–Trinajstić information content (AvgIpc) is 2.55. The highest BCUT2D eigenvalue weighted by atomic mass is 32.3. The van der Waals surface area contributed by atoms with Crippen LogP contribution >= 0.6 is 10.3 Å². The van der Waals surface area contributed by atoms with Crippen molar-refractivity contribution in [3.05, 3.63) is 39.9 Å². The van der Waals surface area contributed by atoms with Crippen LogP contribution in [0.3, 0.4) is 0 Å². The second-order valence-corrected chi connectivity index (χ2v) is 9.56. The maximum absolute atomic E-state index is 10.6. The fourth-order valence-corrected chi connectivity index (χ4v) is 2.97. The van der Waals surface area contributed by atoms with Crippen LogP contribution in [-0.4, -0.2) is 61.3 Å². The highest BCUT2D eigenvalue weighted by Gasteiger charge is 2.10. The molecule has 0 saturated carbocycles. The zero-order chi connectivity index (χ0) is 18.0. The first-order chi connectivity index (χ1) is 11.3. The Morgan fingerprint density at radius 1 is 1.33 bits per heavy atom. The normalized spacial score (nSPS) is 13.7.